The second kappa shape index (κ2) is 7.59. The summed E-state index contributed by atoms with van der Waals surface area (Å²) >= 11 is 0. The largest absolute Gasteiger partial charge is 0.351 e. The van der Waals surface area contributed by atoms with E-state index in [1.807, 2.05) is 53.2 Å². The van der Waals surface area contributed by atoms with Crippen LogP contribution in [0.2, 0.25) is 0 Å². The molecule has 1 amide bonds. The number of amides is 1. The number of aromatic nitrogens is 2. The minimum atomic E-state index is -0.0352. The van der Waals surface area contributed by atoms with E-state index < -0.39 is 0 Å². The summed E-state index contributed by atoms with van der Waals surface area (Å²) < 4.78 is 2.00. The van der Waals surface area contributed by atoms with Crippen LogP contribution in [0.25, 0.3) is 0 Å². The zero-order chi connectivity index (χ0) is 16.8. The molecule has 4 nitrogen and oxygen atoms in total. The zero-order valence-electron chi connectivity index (χ0n) is 13.7. The standard InChI is InChI=1S/C20H21N3O/c1-16(18-5-3-2-4-6-18)13-22-20(24)19-9-7-17(8-10-19)14-23-12-11-21-15-23/h2-12,15-16H,13-14H2,1H3,(H,22,24)/t16-/m1/s1. The predicted molar refractivity (Wildman–Crippen MR) is 95.0 cm³/mol. The van der Waals surface area contributed by atoms with Gasteiger partial charge in [0, 0.05) is 31.0 Å². The molecule has 1 aromatic heterocycles. The first kappa shape index (κ1) is 16.0. The molecule has 1 N–H and O–H groups in total. The number of rotatable bonds is 6. The Labute approximate surface area is 142 Å². The highest BCUT2D eigenvalue weighted by Gasteiger charge is 2.09. The minimum Gasteiger partial charge on any atom is -0.351 e. The van der Waals surface area contributed by atoms with Gasteiger partial charge >= 0.3 is 0 Å². The molecule has 122 valence electrons. The Morgan fingerprint density at radius 2 is 1.88 bits per heavy atom. The van der Waals surface area contributed by atoms with Gasteiger partial charge in [0.1, 0.15) is 0 Å². The highest BCUT2D eigenvalue weighted by atomic mass is 16.1. The molecule has 3 aromatic rings. The summed E-state index contributed by atoms with van der Waals surface area (Å²) in [5, 5.41) is 3.01. The van der Waals surface area contributed by atoms with Gasteiger partial charge in [0.25, 0.3) is 5.91 Å². The van der Waals surface area contributed by atoms with Crippen LogP contribution in [0.5, 0.6) is 0 Å². The number of nitrogens with zero attached hydrogens (tertiary/aromatic N) is 2. The maximum atomic E-state index is 12.3. The maximum Gasteiger partial charge on any atom is 0.251 e. The van der Waals surface area contributed by atoms with Crippen molar-refractivity contribution in [1.82, 2.24) is 14.9 Å². The second-order valence-electron chi connectivity index (χ2n) is 5.95. The lowest BCUT2D eigenvalue weighted by atomic mass is 10.0. The van der Waals surface area contributed by atoms with Crippen molar-refractivity contribution in [2.75, 3.05) is 6.54 Å². The molecule has 0 aliphatic heterocycles. The fraction of sp³-hybridized carbons (Fsp3) is 0.200. The van der Waals surface area contributed by atoms with Crippen molar-refractivity contribution >= 4 is 5.91 Å². The summed E-state index contributed by atoms with van der Waals surface area (Å²) in [6, 6.07) is 17.9. The van der Waals surface area contributed by atoms with E-state index in [4.69, 9.17) is 0 Å². The normalized spacial score (nSPS) is 11.9. The molecular weight excluding hydrogens is 298 g/mol. The Hall–Kier alpha value is -2.88. The monoisotopic (exact) mass is 319 g/mol. The third-order valence-electron chi connectivity index (χ3n) is 4.08. The van der Waals surface area contributed by atoms with Crippen LogP contribution in [-0.4, -0.2) is 22.0 Å². The lowest BCUT2D eigenvalue weighted by Gasteiger charge is -2.13. The Morgan fingerprint density at radius 1 is 1.12 bits per heavy atom. The number of hydrogen-bond acceptors (Lipinski definition) is 2. The van der Waals surface area contributed by atoms with Crippen molar-refractivity contribution < 1.29 is 4.79 Å². The Kier molecular flexibility index (Phi) is 5.06. The first-order valence-electron chi connectivity index (χ1n) is 8.10. The van der Waals surface area contributed by atoms with E-state index in [-0.39, 0.29) is 11.8 Å². The molecule has 1 atom stereocenters. The number of benzene rings is 2. The van der Waals surface area contributed by atoms with Gasteiger partial charge in [0.2, 0.25) is 0 Å². The second-order valence-corrected chi connectivity index (χ2v) is 5.95. The molecule has 0 aliphatic carbocycles. The van der Waals surface area contributed by atoms with Crippen molar-refractivity contribution in [2.45, 2.75) is 19.4 Å². The Morgan fingerprint density at radius 3 is 2.54 bits per heavy atom. The molecule has 4 heteroatoms. The molecule has 0 radical (unpaired) electrons. The number of carbonyl (C=O) groups excluding carboxylic acids is 1. The van der Waals surface area contributed by atoms with E-state index in [1.54, 1.807) is 12.5 Å². The van der Waals surface area contributed by atoms with Gasteiger partial charge in [0.15, 0.2) is 0 Å². The van der Waals surface area contributed by atoms with Crippen molar-refractivity contribution in [3.05, 3.63) is 90.0 Å². The molecule has 24 heavy (non-hydrogen) atoms. The fourth-order valence-electron chi connectivity index (χ4n) is 2.60. The molecule has 0 bridgehead atoms. The van der Waals surface area contributed by atoms with Gasteiger partial charge in [0.05, 0.1) is 6.33 Å². The summed E-state index contributed by atoms with van der Waals surface area (Å²) in [6.07, 6.45) is 5.47. The molecule has 0 fully saturated rings. The van der Waals surface area contributed by atoms with Crippen molar-refractivity contribution in [2.24, 2.45) is 0 Å². The van der Waals surface area contributed by atoms with Crippen LogP contribution >= 0.6 is 0 Å². The van der Waals surface area contributed by atoms with Crippen LogP contribution in [0, 0.1) is 0 Å². The van der Waals surface area contributed by atoms with Crippen LogP contribution in [0.4, 0.5) is 0 Å². The maximum absolute atomic E-state index is 12.3. The highest BCUT2D eigenvalue weighted by molar-refractivity contribution is 5.94. The first-order valence-corrected chi connectivity index (χ1v) is 8.10. The van der Waals surface area contributed by atoms with E-state index in [0.717, 1.165) is 12.1 Å². The van der Waals surface area contributed by atoms with E-state index in [9.17, 15) is 4.79 Å². The Bertz CT molecular complexity index is 764. The van der Waals surface area contributed by atoms with E-state index >= 15 is 0 Å². The van der Waals surface area contributed by atoms with Gasteiger partial charge in [-0.15, -0.1) is 0 Å². The lowest BCUT2D eigenvalue weighted by molar-refractivity contribution is 0.0951. The van der Waals surface area contributed by atoms with Gasteiger partial charge in [-0.05, 0) is 29.2 Å². The quantitative estimate of drug-likeness (QED) is 0.756. The zero-order valence-corrected chi connectivity index (χ0v) is 13.7. The molecule has 2 aromatic carbocycles. The van der Waals surface area contributed by atoms with Gasteiger partial charge in [-0.2, -0.15) is 0 Å². The molecule has 3 rings (SSSR count). The lowest BCUT2D eigenvalue weighted by Crippen LogP contribution is -2.27. The average Bonchev–Trinajstić information content (AvgIpc) is 3.14. The summed E-state index contributed by atoms with van der Waals surface area (Å²) in [5.74, 6) is 0.252. The number of carbonyl (C=O) groups is 1. The summed E-state index contributed by atoms with van der Waals surface area (Å²) in [4.78, 5) is 16.3. The number of hydrogen-bond donors (Lipinski definition) is 1. The van der Waals surface area contributed by atoms with Gasteiger partial charge < -0.3 is 9.88 Å². The van der Waals surface area contributed by atoms with Crippen molar-refractivity contribution in [3.8, 4) is 0 Å². The van der Waals surface area contributed by atoms with Gasteiger partial charge in [-0.25, -0.2) is 4.98 Å². The molecule has 0 unspecified atom stereocenters. The molecule has 0 saturated carbocycles. The topological polar surface area (TPSA) is 46.9 Å². The van der Waals surface area contributed by atoms with Crippen molar-refractivity contribution in [3.63, 3.8) is 0 Å². The van der Waals surface area contributed by atoms with Crippen molar-refractivity contribution in [1.29, 1.82) is 0 Å². The van der Waals surface area contributed by atoms with Crippen LogP contribution in [0.3, 0.4) is 0 Å². The van der Waals surface area contributed by atoms with E-state index in [2.05, 4.69) is 29.4 Å². The Balaban J connectivity index is 1.55. The molecular formula is C20H21N3O. The van der Waals surface area contributed by atoms with Crippen LogP contribution in [0.1, 0.15) is 34.3 Å². The molecule has 0 spiro atoms. The summed E-state index contributed by atoms with van der Waals surface area (Å²) in [7, 11) is 0. The summed E-state index contributed by atoms with van der Waals surface area (Å²) in [5.41, 5.74) is 3.06. The molecule has 0 saturated heterocycles. The van der Waals surface area contributed by atoms with Crippen LogP contribution in [-0.2, 0) is 6.54 Å². The first-order chi connectivity index (χ1) is 11.7. The molecule has 1 heterocycles. The molecule has 0 aliphatic rings. The summed E-state index contributed by atoms with van der Waals surface area (Å²) in [6.45, 7) is 3.50. The van der Waals surface area contributed by atoms with Gasteiger partial charge in [-0.1, -0.05) is 49.4 Å². The van der Waals surface area contributed by atoms with Gasteiger partial charge in [-0.3, -0.25) is 4.79 Å². The fourth-order valence-corrected chi connectivity index (χ4v) is 2.60. The highest BCUT2D eigenvalue weighted by Crippen LogP contribution is 2.13. The minimum absolute atomic E-state index is 0.0352. The average molecular weight is 319 g/mol. The van der Waals surface area contributed by atoms with E-state index in [0.29, 0.717) is 12.1 Å². The smallest absolute Gasteiger partial charge is 0.251 e. The third kappa shape index (κ3) is 4.10. The van der Waals surface area contributed by atoms with Crippen LogP contribution < -0.4 is 5.32 Å². The number of nitrogens with one attached hydrogen (secondary N) is 1. The SMILES string of the molecule is C[C@H](CNC(=O)c1ccc(Cn2ccnc2)cc1)c1ccccc1. The van der Waals surface area contributed by atoms with Crippen LogP contribution in [0.15, 0.2) is 73.3 Å². The van der Waals surface area contributed by atoms with E-state index in [1.165, 1.54) is 5.56 Å². The third-order valence-corrected chi connectivity index (χ3v) is 4.08. The number of imidazole rings is 1. The predicted octanol–water partition coefficient (Wildman–Crippen LogP) is 3.46.